The third-order valence-electron chi connectivity index (χ3n) is 4.35. The van der Waals surface area contributed by atoms with Crippen LogP contribution in [0.5, 0.6) is 0 Å². The molecule has 0 aromatic carbocycles. The summed E-state index contributed by atoms with van der Waals surface area (Å²) >= 11 is 0. The molecule has 0 aliphatic heterocycles. The lowest BCUT2D eigenvalue weighted by Crippen LogP contribution is -2.21. The van der Waals surface area contributed by atoms with E-state index >= 15 is 0 Å². The number of ether oxygens (including phenoxy) is 1. The summed E-state index contributed by atoms with van der Waals surface area (Å²) in [5, 5.41) is 4.06. The van der Waals surface area contributed by atoms with Crippen LogP contribution < -0.4 is 0 Å². The van der Waals surface area contributed by atoms with Crippen molar-refractivity contribution in [2.24, 2.45) is 0 Å². The molecule has 1 aliphatic carbocycles. The molecule has 0 radical (unpaired) electrons. The number of hydrogen-bond donors (Lipinski definition) is 0. The molecule has 0 amide bonds. The zero-order valence-corrected chi connectivity index (χ0v) is 13.7. The molecule has 5 nitrogen and oxygen atoms in total. The van der Waals surface area contributed by atoms with E-state index in [2.05, 4.69) is 10.1 Å². The van der Waals surface area contributed by atoms with Crippen molar-refractivity contribution < 1.29 is 22.7 Å². The summed E-state index contributed by atoms with van der Waals surface area (Å²) in [5.74, 6) is -0.246. The molecule has 25 heavy (non-hydrogen) atoms. The molecule has 2 heterocycles. The SMILES string of the molecule is Cc1c(C(=O)OC2CCCCC2)cnn1-c1ccc(C(F)(F)F)cn1. The van der Waals surface area contributed by atoms with E-state index in [9.17, 15) is 18.0 Å². The molecule has 1 fully saturated rings. The maximum Gasteiger partial charge on any atom is 0.417 e. The zero-order valence-electron chi connectivity index (χ0n) is 13.7. The number of aromatic nitrogens is 3. The minimum atomic E-state index is -4.44. The number of nitrogens with zero attached hydrogens (tertiary/aromatic N) is 3. The Morgan fingerprint density at radius 1 is 1.20 bits per heavy atom. The van der Waals surface area contributed by atoms with Crippen molar-refractivity contribution in [3.63, 3.8) is 0 Å². The Kier molecular flexibility index (Phi) is 4.78. The molecule has 0 N–H and O–H groups in total. The summed E-state index contributed by atoms with van der Waals surface area (Å²) in [6.45, 7) is 1.66. The van der Waals surface area contributed by atoms with Crippen LogP contribution in [0.4, 0.5) is 13.2 Å². The number of esters is 1. The second kappa shape index (κ2) is 6.85. The highest BCUT2D eigenvalue weighted by atomic mass is 19.4. The van der Waals surface area contributed by atoms with Crippen molar-refractivity contribution in [3.05, 3.63) is 41.3 Å². The largest absolute Gasteiger partial charge is 0.459 e. The van der Waals surface area contributed by atoms with Crippen molar-refractivity contribution in [2.45, 2.75) is 51.3 Å². The van der Waals surface area contributed by atoms with Crippen molar-refractivity contribution in [1.82, 2.24) is 14.8 Å². The summed E-state index contributed by atoms with van der Waals surface area (Å²) in [4.78, 5) is 16.1. The fourth-order valence-corrected chi connectivity index (χ4v) is 2.92. The molecule has 0 saturated heterocycles. The number of rotatable bonds is 3. The third kappa shape index (κ3) is 3.83. The number of carbonyl (C=O) groups excluding carboxylic acids is 1. The van der Waals surface area contributed by atoms with Gasteiger partial charge in [-0.05, 0) is 44.7 Å². The van der Waals surface area contributed by atoms with Gasteiger partial charge < -0.3 is 4.74 Å². The van der Waals surface area contributed by atoms with E-state index in [1.165, 1.54) is 16.9 Å². The molecule has 2 aromatic rings. The predicted octanol–water partition coefficient (Wildman–Crippen LogP) is 4.08. The fraction of sp³-hybridized carbons (Fsp3) is 0.471. The van der Waals surface area contributed by atoms with Gasteiger partial charge in [0.25, 0.3) is 0 Å². The van der Waals surface area contributed by atoms with Gasteiger partial charge in [-0.1, -0.05) is 6.42 Å². The van der Waals surface area contributed by atoms with Gasteiger partial charge in [0.1, 0.15) is 11.7 Å². The lowest BCUT2D eigenvalue weighted by Gasteiger charge is -2.21. The quantitative estimate of drug-likeness (QED) is 0.780. The fourth-order valence-electron chi connectivity index (χ4n) is 2.92. The summed E-state index contributed by atoms with van der Waals surface area (Å²) in [7, 11) is 0. The van der Waals surface area contributed by atoms with E-state index in [-0.39, 0.29) is 11.9 Å². The molecule has 0 bridgehead atoms. The van der Waals surface area contributed by atoms with Gasteiger partial charge in [0.05, 0.1) is 17.5 Å². The number of pyridine rings is 1. The predicted molar refractivity (Wildman–Crippen MR) is 83.4 cm³/mol. The Morgan fingerprint density at radius 2 is 1.92 bits per heavy atom. The Morgan fingerprint density at radius 3 is 2.52 bits per heavy atom. The summed E-state index contributed by atoms with van der Waals surface area (Å²) < 4.78 is 44.7. The monoisotopic (exact) mass is 353 g/mol. The first-order valence-electron chi connectivity index (χ1n) is 8.15. The summed E-state index contributed by atoms with van der Waals surface area (Å²) in [6, 6.07) is 2.16. The van der Waals surface area contributed by atoms with Crippen LogP contribution in [0.25, 0.3) is 5.82 Å². The Balaban J connectivity index is 1.77. The first-order valence-corrected chi connectivity index (χ1v) is 8.15. The highest BCUT2D eigenvalue weighted by molar-refractivity contribution is 5.90. The molecule has 0 spiro atoms. The van der Waals surface area contributed by atoms with Crippen molar-refractivity contribution >= 4 is 5.97 Å². The van der Waals surface area contributed by atoms with Crippen LogP contribution in [0.2, 0.25) is 0 Å². The smallest absolute Gasteiger partial charge is 0.417 e. The third-order valence-corrected chi connectivity index (χ3v) is 4.35. The molecule has 0 atom stereocenters. The lowest BCUT2D eigenvalue weighted by atomic mass is 9.98. The molecule has 3 rings (SSSR count). The molecule has 1 saturated carbocycles. The average molecular weight is 353 g/mol. The van der Waals surface area contributed by atoms with Gasteiger partial charge in [-0.15, -0.1) is 0 Å². The van der Waals surface area contributed by atoms with E-state index in [4.69, 9.17) is 4.74 Å². The number of carbonyl (C=O) groups is 1. The van der Waals surface area contributed by atoms with Crippen LogP contribution in [0.1, 0.15) is 53.7 Å². The van der Waals surface area contributed by atoms with Gasteiger partial charge in [-0.25, -0.2) is 14.5 Å². The molecule has 0 unspecified atom stereocenters. The maximum atomic E-state index is 12.6. The van der Waals surface area contributed by atoms with Crippen LogP contribution in [-0.4, -0.2) is 26.8 Å². The van der Waals surface area contributed by atoms with E-state index in [0.717, 1.165) is 44.4 Å². The standard InChI is InChI=1S/C17H18F3N3O2/c1-11-14(16(24)25-13-5-3-2-4-6-13)10-22-23(11)15-8-7-12(9-21-15)17(18,19)20/h7-10,13H,2-6H2,1H3. The van der Waals surface area contributed by atoms with E-state index in [1.54, 1.807) is 6.92 Å². The van der Waals surface area contributed by atoms with Crippen molar-refractivity contribution in [2.75, 3.05) is 0 Å². The van der Waals surface area contributed by atoms with Crippen LogP contribution in [-0.2, 0) is 10.9 Å². The Bertz CT molecular complexity index is 747. The minimum Gasteiger partial charge on any atom is -0.459 e. The second-order valence-corrected chi connectivity index (χ2v) is 6.12. The van der Waals surface area contributed by atoms with Gasteiger partial charge in [-0.3, -0.25) is 0 Å². The molecular formula is C17H18F3N3O2. The van der Waals surface area contributed by atoms with Gasteiger partial charge in [0.15, 0.2) is 5.82 Å². The molecule has 2 aromatic heterocycles. The van der Waals surface area contributed by atoms with Gasteiger partial charge >= 0.3 is 12.1 Å². The Hall–Kier alpha value is -2.38. The number of alkyl halides is 3. The number of halogens is 3. The molecular weight excluding hydrogens is 335 g/mol. The average Bonchev–Trinajstić information content (AvgIpc) is 2.97. The second-order valence-electron chi connectivity index (χ2n) is 6.12. The summed E-state index contributed by atoms with van der Waals surface area (Å²) in [6.07, 6.45) is 2.56. The summed E-state index contributed by atoms with van der Waals surface area (Å²) in [5.41, 5.74) is -0.0571. The van der Waals surface area contributed by atoms with Gasteiger partial charge in [-0.2, -0.15) is 18.3 Å². The first kappa shape index (κ1) is 17.4. The van der Waals surface area contributed by atoms with Gasteiger partial charge in [0.2, 0.25) is 0 Å². The van der Waals surface area contributed by atoms with Gasteiger partial charge in [0, 0.05) is 6.20 Å². The topological polar surface area (TPSA) is 57.0 Å². The highest BCUT2D eigenvalue weighted by Crippen LogP contribution is 2.29. The molecule has 8 heteroatoms. The first-order chi connectivity index (χ1) is 11.9. The van der Waals surface area contributed by atoms with Crippen LogP contribution in [0.15, 0.2) is 24.5 Å². The zero-order chi connectivity index (χ0) is 18.0. The lowest BCUT2D eigenvalue weighted by molar-refractivity contribution is -0.137. The van der Waals surface area contributed by atoms with E-state index in [0.29, 0.717) is 11.3 Å². The van der Waals surface area contributed by atoms with Crippen molar-refractivity contribution in [3.8, 4) is 5.82 Å². The normalized spacial score (nSPS) is 16.0. The van der Waals surface area contributed by atoms with E-state index < -0.39 is 17.7 Å². The minimum absolute atomic E-state index is 0.0757. The molecule has 134 valence electrons. The highest BCUT2D eigenvalue weighted by Gasteiger charge is 2.31. The van der Waals surface area contributed by atoms with Crippen molar-refractivity contribution in [1.29, 1.82) is 0 Å². The number of hydrogen-bond acceptors (Lipinski definition) is 4. The van der Waals surface area contributed by atoms with Crippen LogP contribution in [0.3, 0.4) is 0 Å². The van der Waals surface area contributed by atoms with E-state index in [1.807, 2.05) is 0 Å². The van der Waals surface area contributed by atoms with Crippen LogP contribution >= 0.6 is 0 Å². The maximum absolute atomic E-state index is 12.6. The Labute approximate surface area is 142 Å². The molecule has 1 aliphatic rings. The van der Waals surface area contributed by atoms with Crippen LogP contribution in [0, 0.1) is 6.92 Å².